The predicted molar refractivity (Wildman–Crippen MR) is 230 cm³/mol. The van der Waals surface area contributed by atoms with E-state index in [4.69, 9.17) is 11.5 Å². The molecule has 0 saturated heterocycles. The van der Waals surface area contributed by atoms with Crippen molar-refractivity contribution < 1.29 is 47.9 Å². The number of hydrogen-bond acceptors (Lipinski definition) is 18. The molecule has 6 aromatic rings. The molecule has 0 fully saturated rings. The number of azo groups is 3. The highest BCUT2D eigenvalue weighted by Crippen LogP contribution is 2.48. The molecule has 62 heavy (non-hydrogen) atoms. The van der Waals surface area contributed by atoms with E-state index < -0.39 is 83.5 Å². The standard InChI is InChI=1S/C37H32N10O11S4/c1-3-59(49,50)27-13-8-23(9-14-27)42-45-35-31(61(53,54)55)18-21-19-32(62(56,57)58)36(37(48)33(21)34(35)39)46-43-24-10-15-28(16-11-24)60(51,52)47-25-6-4-22(5-7-25)41-44-30-17-12-26(40-2)20-29(30)38/h3-20,40,47-48H,1,38-39H2,2H3,(H,53,54,55)(H,56,57,58). The number of fused-ring (bicyclic) bond motifs is 1. The summed E-state index contributed by atoms with van der Waals surface area (Å²) in [5.41, 5.74) is 12.2. The Labute approximate surface area is 353 Å². The number of phenolic OH excluding ortho intramolecular Hbond substituents is 1. The normalized spacial score (nSPS) is 12.7. The van der Waals surface area contributed by atoms with Gasteiger partial charge in [0.1, 0.15) is 26.9 Å². The number of nitrogen functional groups attached to an aromatic ring is 2. The second-order valence-electron chi connectivity index (χ2n) is 12.7. The summed E-state index contributed by atoms with van der Waals surface area (Å²) < 4.78 is 123. The first-order valence-corrected chi connectivity index (χ1v) is 23.1. The zero-order chi connectivity index (χ0) is 45.2. The molecule has 0 aliphatic heterocycles. The Morgan fingerprint density at radius 3 is 1.56 bits per heavy atom. The average molecular weight is 921 g/mol. The molecule has 0 amide bonds. The second kappa shape index (κ2) is 17.1. The van der Waals surface area contributed by atoms with Crippen LogP contribution in [0.4, 0.5) is 56.9 Å². The third kappa shape index (κ3) is 9.72. The number of phenols is 1. The Bertz CT molecular complexity index is 3310. The molecule has 0 aromatic heterocycles. The van der Waals surface area contributed by atoms with E-state index in [-0.39, 0.29) is 26.9 Å². The number of benzene rings is 6. The zero-order valence-electron chi connectivity index (χ0n) is 31.7. The quantitative estimate of drug-likeness (QED) is 0.0307. The maximum Gasteiger partial charge on any atom is 0.296 e. The van der Waals surface area contributed by atoms with E-state index in [1.165, 1.54) is 60.7 Å². The van der Waals surface area contributed by atoms with E-state index >= 15 is 0 Å². The monoisotopic (exact) mass is 920 g/mol. The molecule has 0 unspecified atom stereocenters. The van der Waals surface area contributed by atoms with Gasteiger partial charge < -0.3 is 21.9 Å². The fourth-order valence-electron chi connectivity index (χ4n) is 5.53. The fraction of sp³-hybridized carbons (Fsp3) is 0.0270. The van der Waals surface area contributed by atoms with Crippen molar-refractivity contribution in [2.24, 2.45) is 30.7 Å². The molecular formula is C37H32N10O11S4. The first-order chi connectivity index (χ1) is 29.1. The average Bonchev–Trinajstić information content (AvgIpc) is 3.22. The lowest BCUT2D eigenvalue weighted by Gasteiger charge is -2.14. The van der Waals surface area contributed by atoms with E-state index in [1.807, 2.05) is 0 Å². The molecule has 0 aliphatic rings. The van der Waals surface area contributed by atoms with Gasteiger partial charge >= 0.3 is 0 Å². The first-order valence-electron chi connectivity index (χ1n) is 17.2. The molecule has 0 heterocycles. The lowest BCUT2D eigenvalue weighted by Crippen LogP contribution is -2.12. The molecule has 25 heteroatoms. The number of rotatable bonds is 14. The summed E-state index contributed by atoms with van der Waals surface area (Å²) >= 11 is 0. The van der Waals surface area contributed by atoms with E-state index in [2.05, 4.69) is 47.3 Å². The molecule has 320 valence electrons. The van der Waals surface area contributed by atoms with Gasteiger partial charge in [-0.2, -0.15) is 32.2 Å². The van der Waals surface area contributed by atoms with Crippen molar-refractivity contribution in [3.63, 3.8) is 0 Å². The predicted octanol–water partition coefficient (Wildman–Crippen LogP) is 8.21. The Morgan fingerprint density at radius 1 is 0.597 bits per heavy atom. The maximum absolute atomic E-state index is 13.2. The molecule has 9 N–H and O–H groups in total. The molecule has 0 aliphatic carbocycles. The van der Waals surface area contributed by atoms with Crippen LogP contribution in [0.1, 0.15) is 0 Å². The van der Waals surface area contributed by atoms with Crippen LogP contribution in [0.3, 0.4) is 0 Å². The smallest absolute Gasteiger partial charge is 0.296 e. The van der Waals surface area contributed by atoms with Gasteiger partial charge in [-0.25, -0.2) is 16.8 Å². The number of anilines is 4. The molecule has 6 aromatic carbocycles. The van der Waals surface area contributed by atoms with Gasteiger partial charge in [0.2, 0.25) is 0 Å². The molecule has 0 spiro atoms. The summed E-state index contributed by atoms with van der Waals surface area (Å²) in [6.07, 6.45) is 0. The van der Waals surface area contributed by atoms with Crippen molar-refractivity contribution in [3.8, 4) is 5.75 Å². The SMILES string of the molecule is C=CS(=O)(=O)c1ccc(N=Nc2c(S(=O)(=O)O)cc3cc(S(=O)(=O)O)c(N=Nc4ccc(S(=O)(=O)Nc5ccc(N=Nc6ccc(NC)cc6N)cc5)cc4)c(O)c3c2N)cc1. The Balaban J connectivity index is 1.28. The van der Waals surface area contributed by atoms with Gasteiger partial charge in [0.15, 0.2) is 15.6 Å². The van der Waals surface area contributed by atoms with Gasteiger partial charge in [0, 0.05) is 23.8 Å². The highest BCUT2D eigenvalue weighted by atomic mass is 32.2. The minimum atomic E-state index is -5.23. The van der Waals surface area contributed by atoms with Gasteiger partial charge in [-0.1, -0.05) is 6.58 Å². The number of nitrogens with one attached hydrogen (secondary N) is 2. The number of aromatic hydroxyl groups is 1. The van der Waals surface area contributed by atoms with Gasteiger partial charge in [0.05, 0.1) is 43.6 Å². The number of sulfonamides is 1. The van der Waals surface area contributed by atoms with Crippen LogP contribution < -0.4 is 21.5 Å². The minimum Gasteiger partial charge on any atom is -0.505 e. The Kier molecular flexibility index (Phi) is 12.2. The van der Waals surface area contributed by atoms with Crippen molar-refractivity contribution in [3.05, 3.63) is 115 Å². The number of hydrogen-bond donors (Lipinski definition) is 7. The topological polar surface area (TPSA) is 348 Å². The third-order valence-corrected chi connectivity index (χ3v) is 13.1. The summed E-state index contributed by atoms with van der Waals surface area (Å²) in [4.78, 5) is -2.38. The summed E-state index contributed by atoms with van der Waals surface area (Å²) in [6.45, 7) is 3.24. The Hall–Kier alpha value is -7.16. The molecule has 0 radical (unpaired) electrons. The van der Waals surface area contributed by atoms with Gasteiger partial charge in [-0.3, -0.25) is 13.8 Å². The number of nitrogens with two attached hydrogens (primary N) is 2. The van der Waals surface area contributed by atoms with E-state index in [1.54, 1.807) is 25.2 Å². The van der Waals surface area contributed by atoms with E-state index in [9.17, 15) is 47.9 Å². The van der Waals surface area contributed by atoms with Gasteiger partial charge in [-0.15, -0.1) is 15.3 Å². The van der Waals surface area contributed by atoms with Crippen LogP contribution in [0.2, 0.25) is 0 Å². The lowest BCUT2D eigenvalue weighted by molar-refractivity contribution is 0.472. The van der Waals surface area contributed by atoms with Crippen molar-refractivity contribution in [1.29, 1.82) is 0 Å². The van der Waals surface area contributed by atoms with Crippen LogP contribution >= 0.6 is 0 Å². The first kappa shape index (κ1) is 44.4. The van der Waals surface area contributed by atoms with Crippen LogP contribution in [0.25, 0.3) is 10.8 Å². The van der Waals surface area contributed by atoms with E-state index in [0.717, 1.165) is 23.2 Å². The number of sulfone groups is 1. The van der Waals surface area contributed by atoms with Crippen LogP contribution in [0.15, 0.2) is 165 Å². The summed E-state index contributed by atoms with van der Waals surface area (Å²) in [5.74, 6) is -1.03. The Morgan fingerprint density at radius 2 is 1.06 bits per heavy atom. The third-order valence-electron chi connectivity index (χ3n) is 8.64. The maximum atomic E-state index is 13.2. The largest absolute Gasteiger partial charge is 0.505 e. The fourth-order valence-corrected chi connectivity index (χ4v) is 8.63. The molecule has 6 rings (SSSR count). The van der Waals surface area contributed by atoms with Gasteiger partial charge in [0.25, 0.3) is 30.3 Å². The number of nitrogens with zero attached hydrogens (tertiary/aromatic N) is 6. The van der Waals surface area contributed by atoms with Crippen molar-refractivity contribution in [2.45, 2.75) is 19.6 Å². The molecular weight excluding hydrogens is 889 g/mol. The van der Waals surface area contributed by atoms with Crippen LogP contribution in [-0.4, -0.2) is 54.9 Å². The molecule has 0 bridgehead atoms. The highest BCUT2D eigenvalue weighted by Gasteiger charge is 2.28. The van der Waals surface area contributed by atoms with Gasteiger partial charge in [-0.05, 0) is 109 Å². The lowest BCUT2D eigenvalue weighted by atomic mass is 10.1. The van der Waals surface area contributed by atoms with E-state index in [0.29, 0.717) is 29.2 Å². The molecule has 0 atom stereocenters. The van der Waals surface area contributed by atoms with Crippen LogP contribution in [0, 0.1) is 0 Å². The van der Waals surface area contributed by atoms with Crippen LogP contribution in [0.5, 0.6) is 5.75 Å². The zero-order valence-corrected chi connectivity index (χ0v) is 34.9. The van der Waals surface area contributed by atoms with Crippen molar-refractivity contribution in [2.75, 3.05) is 28.6 Å². The summed E-state index contributed by atoms with van der Waals surface area (Å²) in [5, 5.41) is 37.8. The molecule has 0 saturated carbocycles. The summed E-state index contributed by atoms with van der Waals surface area (Å²) in [6, 6.07) is 22.1. The molecule has 21 nitrogen and oxygen atoms in total. The van der Waals surface area contributed by atoms with Crippen molar-refractivity contribution >= 4 is 108 Å². The van der Waals surface area contributed by atoms with Crippen LogP contribution in [-0.2, 0) is 40.1 Å². The summed E-state index contributed by atoms with van der Waals surface area (Å²) in [7, 11) is -16.6. The van der Waals surface area contributed by atoms with Crippen molar-refractivity contribution in [1.82, 2.24) is 0 Å². The highest BCUT2D eigenvalue weighted by molar-refractivity contribution is 7.94. The minimum absolute atomic E-state index is 0.00366. The second-order valence-corrected chi connectivity index (χ2v) is 19.1.